The van der Waals surface area contributed by atoms with Crippen LogP contribution in [0.3, 0.4) is 0 Å². The molecule has 32 heavy (non-hydrogen) atoms. The maximum Gasteiger partial charge on any atom is 0.354 e. The predicted octanol–water partition coefficient (Wildman–Crippen LogP) is 3.58. The highest BCUT2D eigenvalue weighted by Crippen LogP contribution is 2.20. The van der Waals surface area contributed by atoms with Crippen molar-refractivity contribution < 1.29 is 23.9 Å². The number of anilines is 2. The first kappa shape index (κ1) is 22.9. The van der Waals surface area contributed by atoms with Crippen molar-refractivity contribution in [2.24, 2.45) is 10.5 Å². The van der Waals surface area contributed by atoms with Crippen molar-refractivity contribution in [3.63, 3.8) is 0 Å². The van der Waals surface area contributed by atoms with Gasteiger partial charge in [-0.3, -0.25) is 14.4 Å². The molecule has 1 aliphatic heterocycles. The molecule has 0 aromatic heterocycles. The first-order chi connectivity index (χ1) is 15.1. The molecule has 0 saturated carbocycles. The van der Waals surface area contributed by atoms with Crippen LogP contribution in [0.2, 0.25) is 0 Å². The third-order valence-electron chi connectivity index (χ3n) is 4.75. The second kappa shape index (κ2) is 9.55. The summed E-state index contributed by atoms with van der Waals surface area (Å²) in [6.07, 6.45) is 0.274. The van der Waals surface area contributed by atoms with Crippen LogP contribution < -0.4 is 10.3 Å². The topological polar surface area (TPSA) is 105 Å². The van der Waals surface area contributed by atoms with Crippen LogP contribution in [-0.2, 0) is 19.1 Å². The number of esters is 1. The number of carbonyl (C=O) groups excluding carboxylic acids is 4. The molecule has 166 valence electrons. The summed E-state index contributed by atoms with van der Waals surface area (Å²) in [6, 6.07) is 15.1. The molecule has 1 heterocycles. The van der Waals surface area contributed by atoms with E-state index in [4.69, 9.17) is 4.74 Å². The minimum Gasteiger partial charge on any atom is -0.453 e. The van der Waals surface area contributed by atoms with Crippen molar-refractivity contribution in [1.82, 2.24) is 0 Å². The Morgan fingerprint density at radius 2 is 1.66 bits per heavy atom. The zero-order valence-corrected chi connectivity index (χ0v) is 18.3. The number of hydrogen-bond acceptors (Lipinski definition) is 6. The number of Topliss-reactive ketones (excluding diaryl/α,β-unsaturated/α-hetero) is 1. The maximum absolute atomic E-state index is 12.4. The second-order valence-corrected chi connectivity index (χ2v) is 8.37. The molecule has 0 aliphatic carbocycles. The van der Waals surface area contributed by atoms with E-state index >= 15 is 0 Å². The number of nitrogens with zero attached hydrogens (tertiary/aromatic N) is 2. The molecule has 0 unspecified atom stereocenters. The standard InChI is InChI=1S/C24H25N3O5/c1-24(2,3)23(31)25-17-11-9-16(10-12-17)20(28)15-32-22(30)19-13-14-21(29)27(26-19)18-7-5-4-6-8-18/h4-12H,13-15H2,1-3H3,(H,25,31). The van der Waals surface area contributed by atoms with Crippen LogP contribution in [0.1, 0.15) is 44.0 Å². The summed E-state index contributed by atoms with van der Waals surface area (Å²) in [6.45, 7) is 4.96. The molecule has 0 radical (unpaired) electrons. The van der Waals surface area contributed by atoms with Crippen LogP contribution in [0.25, 0.3) is 0 Å². The SMILES string of the molecule is CC(C)(C)C(=O)Nc1ccc(C(=O)COC(=O)C2=NN(c3ccccc3)C(=O)CC2)cc1. The molecule has 8 nitrogen and oxygen atoms in total. The summed E-state index contributed by atoms with van der Waals surface area (Å²) >= 11 is 0. The Balaban J connectivity index is 1.59. The van der Waals surface area contributed by atoms with Crippen molar-refractivity contribution in [3.05, 3.63) is 60.2 Å². The first-order valence-electron chi connectivity index (χ1n) is 10.2. The molecule has 0 atom stereocenters. The molecule has 2 aromatic carbocycles. The van der Waals surface area contributed by atoms with Gasteiger partial charge < -0.3 is 10.1 Å². The molecule has 2 amide bonds. The van der Waals surface area contributed by atoms with E-state index in [2.05, 4.69) is 10.4 Å². The monoisotopic (exact) mass is 435 g/mol. The Morgan fingerprint density at radius 3 is 2.28 bits per heavy atom. The fraction of sp³-hybridized carbons (Fsp3) is 0.292. The highest BCUT2D eigenvalue weighted by atomic mass is 16.5. The molecular weight excluding hydrogens is 410 g/mol. The van der Waals surface area contributed by atoms with Crippen LogP contribution in [0, 0.1) is 5.41 Å². The van der Waals surface area contributed by atoms with E-state index in [-0.39, 0.29) is 36.2 Å². The van der Waals surface area contributed by atoms with Crippen molar-refractivity contribution >= 4 is 40.7 Å². The number of hydrogen-bond donors (Lipinski definition) is 1. The summed E-state index contributed by atoms with van der Waals surface area (Å²) in [4.78, 5) is 49.0. The zero-order valence-electron chi connectivity index (χ0n) is 18.3. The van der Waals surface area contributed by atoms with Gasteiger partial charge in [-0.1, -0.05) is 39.0 Å². The summed E-state index contributed by atoms with van der Waals surface area (Å²) in [5, 5.41) is 8.07. The third-order valence-corrected chi connectivity index (χ3v) is 4.75. The van der Waals surface area contributed by atoms with Crippen LogP contribution in [0.4, 0.5) is 11.4 Å². The molecule has 3 rings (SSSR count). The molecule has 8 heteroatoms. The molecule has 0 saturated heterocycles. The zero-order chi connectivity index (χ0) is 23.3. The Labute approximate surface area is 186 Å². The molecule has 2 aromatic rings. The van der Waals surface area contributed by atoms with Gasteiger partial charge in [-0.25, -0.2) is 9.80 Å². The predicted molar refractivity (Wildman–Crippen MR) is 120 cm³/mol. The molecular formula is C24H25N3O5. The lowest BCUT2D eigenvalue weighted by Crippen LogP contribution is -2.35. The number of amides is 2. The number of para-hydroxylation sites is 1. The molecule has 1 N–H and O–H groups in total. The lowest BCUT2D eigenvalue weighted by molar-refractivity contribution is -0.134. The van der Waals surface area contributed by atoms with Gasteiger partial charge in [-0.05, 0) is 36.4 Å². The van der Waals surface area contributed by atoms with Gasteiger partial charge in [0.1, 0.15) is 5.71 Å². The van der Waals surface area contributed by atoms with Crippen molar-refractivity contribution in [1.29, 1.82) is 0 Å². The highest BCUT2D eigenvalue weighted by Gasteiger charge is 2.27. The quantitative estimate of drug-likeness (QED) is 0.552. The summed E-state index contributed by atoms with van der Waals surface area (Å²) in [5.74, 6) is -1.48. The Hall–Kier alpha value is -3.81. The summed E-state index contributed by atoms with van der Waals surface area (Å²) in [5.41, 5.74) is 1.02. The fourth-order valence-corrected chi connectivity index (χ4v) is 2.83. The number of benzene rings is 2. The number of rotatable bonds is 6. The summed E-state index contributed by atoms with van der Waals surface area (Å²) < 4.78 is 5.13. The largest absolute Gasteiger partial charge is 0.453 e. The first-order valence-corrected chi connectivity index (χ1v) is 10.2. The van der Waals surface area contributed by atoms with E-state index < -0.39 is 18.0 Å². The lowest BCUT2D eigenvalue weighted by Gasteiger charge is -2.22. The van der Waals surface area contributed by atoms with Gasteiger partial charge in [0.05, 0.1) is 5.69 Å². The minimum absolute atomic E-state index is 0.0847. The van der Waals surface area contributed by atoms with Crippen LogP contribution in [0.15, 0.2) is 59.7 Å². The van der Waals surface area contributed by atoms with E-state index in [0.717, 1.165) is 0 Å². The second-order valence-electron chi connectivity index (χ2n) is 8.37. The molecule has 1 aliphatic rings. The van der Waals surface area contributed by atoms with E-state index in [9.17, 15) is 19.2 Å². The molecule has 0 bridgehead atoms. The average Bonchev–Trinajstić information content (AvgIpc) is 2.78. The third kappa shape index (κ3) is 5.66. The van der Waals surface area contributed by atoms with Crippen molar-refractivity contribution in [2.45, 2.75) is 33.6 Å². The number of ketones is 1. The van der Waals surface area contributed by atoms with Crippen molar-refractivity contribution in [3.8, 4) is 0 Å². The molecule has 0 spiro atoms. The van der Waals surface area contributed by atoms with Gasteiger partial charge in [0.2, 0.25) is 11.8 Å². The van der Waals surface area contributed by atoms with Gasteiger partial charge in [-0.15, -0.1) is 0 Å². The van der Waals surface area contributed by atoms with Gasteiger partial charge in [0.25, 0.3) is 0 Å². The van der Waals surface area contributed by atoms with Crippen LogP contribution >= 0.6 is 0 Å². The Bertz CT molecular complexity index is 1050. The van der Waals surface area contributed by atoms with E-state index in [0.29, 0.717) is 16.9 Å². The highest BCUT2D eigenvalue weighted by molar-refractivity contribution is 6.38. The number of ether oxygens (including phenoxy) is 1. The number of hydrazone groups is 1. The molecule has 0 fully saturated rings. The number of carbonyl (C=O) groups is 4. The maximum atomic E-state index is 12.4. The Kier molecular flexibility index (Phi) is 6.82. The lowest BCUT2D eigenvalue weighted by atomic mass is 9.95. The summed E-state index contributed by atoms with van der Waals surface area (Å²) in [7, 11) is 0. The van der Waals surface area contributed by atoms with E-state index in [1.165, 1.54) is 5.01 Å². The van der Waals surface area contributed by atoms with Gasteiger partial charge in [-0.2, -0.15) is 5.10 Å². The van der Waals surface area contributed by atoms with Gasteiger partial charge in [0.15, 0.2) is 12.4 Å². The van der Waals surface area contributed by atoms with Crippen LogP contribution in [-0.4, -0.2) is 35.9 Å². The van der Waals surface area contributed by atoms with E-state index in [1.807, 2.05) is 6.07 Å². The normalized spacial score (nSPS) is 13.9. The number of nitrogens with one attached hydrogen (secondary N) is 1. The average molecular weight is 435 g/mol. The Morgan fingerprint density at radius 1 is 1.00 bits per heavy atom. The van der Waals surface area contributed by atoms with Gasteiger partial charge in [0, 0.05) is 29.5 Å². The van der Waals surface area contributed by atoms with Crippen molar-refractivity contribution in [2.75, 3.05) is 16.9 Å². The van der Waals surface area contributed by atoms with E-state index in [1.54, 1.807) is 69.3 Å². The van der Waals surface area contributed by atoms with Crippen LogP contribution in [0.5, 0.6) is 0 Å². The van der Waals surface area contributed by atoms with Gasteiger partial charge >= 0.3 is 5.97 Å². The minimum atomic E-state index is -0.735. The smallest absolute Gasteiger partial charge is 0.354 e. The fourth-order valence-electron chi connectivity index (χ4n) is 2.83.